The highest BCUT2D eigenvalue weighted by molar-refractivity contribution is 5.95. The van der Waals surface area contributed by atoms with E-state index in [1.165, 1.54) is 19.1 Å². The van der Waals surface area contributed by atoms with Crippen LogP contribution in [0.1, 0.15) is 38.3 Å². The van der Waals surface area contributed by atoms with E-state index in [-0.39, 0.29) is 18.6 Å². The molecule has 0 heterocycles. The second-order valence-electron chi connectivity index (χ2n) is 11.5. The van der Waals surface area contributed by atoms with E-state index in [0.29, 0.717) is 11.1 Å². The number of hydrogen-bond donors (Lipinski definition) is 9. The Kier molecular flexibility index (Phi) is 15.0. The number of aromatic hydroxyl groups is 1. The molecule has 2 aromatic carbocycles. The van der Waals surface area contributed by atoms with Crippen molar-refractivity contribution >= 4 is 41.5 Å². The Labute approximate surface area is 276 Å². The maximum Gasteiger partial charge on any atom is 0.326 e. The maximum absolute atomic E-state index is 13.4. The van der Waals surface area contributed by atoms with Crippen molar-refractivity contribution in [3.05, 3.63) is 65.7 Å². The monoisotopic (exact) mass is 670 g/mol. The number of carboxylic acids is 2. The first-order valence-electron chi connectivity index (χ1n) is 15.1. The van der Waals surface area contributed by atoms with Gasteiger partial charge in [0.05, 0.1) is 19.0 Å². The molecule has 0 spiro atoms. The van der Waals surface area contributed by atoms with Gasteiger partial charge in [-0.05, 0) is 42.5 Å². The number of hydrogen-bond acceptors (Lipinski definition) is 9. The molecular formula is C32H42N6O10. The van der Waals surface area contributed by atoms with Crippen molar-refractivity contribution in [3.8, 4) is 5.75 Å². The number of carbonyl (C=O) groups excluding carboxylic acids is 5. The summed E-state index contributed by atoms with van der Waals surface area (Å²) in [5, 5.41) is 39.7. The highest BCUT2D eigenvalue weighted by Crippen LogP contribution is 2.11. The summed E-state index contributed by atoms with van der Waals surface area (Å²) < 4.78 is 0. The van der Waals surface area contributed by atoms with Crippen molar-refractivity contribution in [1.29, 1.82) is 0 Å². The summed E-state index contributed by atoms with van der Waals surface area (Å²) in [6.45, 7) is 3.99. The second kappa shape index (κ2) is 18.6. The molecule has 0 bridgehead atoms. The van der Waals surface area contributed by atoms with Crippen LogP contribution in [0, 0.1) is 5.92 Å². The molecular weight excluding hydrogens is 628 g/mol. The molecule has 48 heavy (non-hydrogen) atoms. The van der Waals surface area contributed by atoms with E-state index in [9.17, 15) is 43.8 Å². The van der Waals surface area contributed by atoms with E-state index < -0.39 is 90.6 Å². The van der Waals surface area contributed by atoms with Gasteiger partial charge in [-0.3, -0.25) is 28.8 Å². The van der Waals surface area contributed by atoms with Gasteiger partial charge in [0.2, 0.25) is 29.5 Å². The largest absolute Gasteiger partial charge is 0.508 e. The van der Waals surface area contributed by atoms with Crippen LogP contribution < -0.4 is 32.3 Å². The van der Waals surface area contributed by atoms with Crippen LogP contribution in [0.4, 0.5) is 0 Å². The number of rotatable bonds is 18. The summed E-state index contributed by atoms with van der Waals surface area (Å²) >= 11 is 0. The van der Waals surface area contributed by atoms with Crippen LogP contribution in [0.5, 0.6) is 5.75 Å². The first kappa shape index (κ1) is 38.7. The zero-order valence-electron chi connectivity index (χ0n) is 26.8. The van der Waals surface area contributed by atoms with Crippen molar-refractivity contribution in [3.63, 3.8) is 0 Å². The first-order chi connectivity index (χ1) is 22.6. The van der Waals surface area contributed by atoms with E-state index >= 15 is 0 Å². The molecule has 0 radical (unpaired) electrons. The van der Waals surface area contributed by atoms with Crippen LogP contribution in [-0.2, 0) is 46.4 Å². The molecule has 0 unspecified atom stereocenters. The Morgan fingerprint density at radius 2 is 1.29 bits per heavy atom. The molecule has 0 saturated heterocycles. The molecule has 0 saturated carbocycles. The predicted octanol–water partition coefficient (Wildman–Crippen LogP) is -1.20. The van der Waals surface area contributed by atoms with E-state index in [4.69, 9.17) is 10.8 Å². The Morgan fingerprint density at radius 1 is 0.688 bits per heavy atom. The van der Waals surface area contributed by atoms with E-state index in [1.807, 2.05) is 0 Å². The topological polar surface area (TPSA) is 266 Å². The number of nitrogens with two attached hydrogens (primary N) is 1. The third-order valence-corrected chi connectivity index (χ3v) is 7.08. The van der Waals surface area contributed by atoms with Crippen LogP contribution >= 0.6 is 0 Å². The number of phenols is 1. The van der Waals surface area contributed by atoms with Crippen molar-refractivity contribution in [2.45, 2.75) is 70.2 Å². The Hall–Kier alpha value is -5.51. The van der Waals surface area contributed by atoms with Gasteiger partial charge >= 0.3 is 11.9 Å². The molecule has 10 N–H and O–H groups in total. The van der Waals surface area contributed by atoms with Gasteiger partial charge in [-0.15, -0.1) is 0 Å². The Balaban J connectivity index is 2.04. The summed E-state index contributed by atoms with van der Waals surface area (Å²) in [6.07, 6.45) is -0.746. The number of carboxylic acid groups (broad SMARTS) is 2. The van der Waals surface area contributed by atoms with E-state index in [2.05, 4.69) is 26.6 Å². The maximum atomic E-state index is 13.4. The van der Waals surface area contributed by atoms with Gasteiger partial charge in [0.15, 0.2) is 0 Å². The standard InChI is InChI=1S/C32H42N6O10/c1-17(2)27(31(46)37-24(32(47)48)15-26(41)42)38-30(45)23(14-19-7-5-4-6-8-19)36-25(40)16-34-28(43)18(3)35-29(44)22(33)13-20-9-11-21(39)12-10-20/h4-12,17-18,22-24,27,39H,13-16,33H2,1-3H3,(H,34,43)(H,35,44)(H,36,40)(H,37,46)(H,38,45)(H,41,42)(H,47,48)/t18-,22+,23+,24+,27+/m1/s1. The number of benzene rings is 2. The lowest BCUT2D eigenvalue weighted by Gasteiger charge is -2.26. The fraction of sp³-hybridized carbons (Fsp3) is 0.406. The summed E-state index contributed by atoms with van der Waals surface area (Å²) in [6, 6.07) is 8.41. The van der Waals surface area contributed by atoms with Crippen LogP contribution in [-0.4, -0.2) is 93.5 Å². The summed E-state index contributed by atoms with van der Waals surface area (Å²) in [5.41, 5.74) is 7.30. The van der Waals surface area contributed by atoms with Gasteiger partial charge in [-0.2, -0.15) is 0 Å². The minimum Gasteiger partial charge on any atom is -0.508 e. The minimum absolute atomic E-state index is 0.0130. The van der Waals surface area contributed by atoms with E-state index in [1.54, 1.807) is 56.3 Å². The second-order valence-corrected chi connectivity index (χ2v) is 11.5. The molecule has 2 rings (SSSR count). The Bertz CT molecular complexity index is 1450. The SMILES string of the molecule is CC(C)[C@H](NC(=O)[C@H](Cc1ccccc1)NC(=O)CNC(=O)[C@@H](C)NC(=O)[C@@H](N)Cc1ccc(O)cc1)C(=O)N[C@@H](CC(=O)O)C(=O)O. The average Bonchev–Trinajstić information content (AvgIpc) is 3.02. The summed E-state index contributed by atoms with van der Waals surface area (Å²) in [5.74, 6) is -7.32. The normalized spacial score (nSPS) is 13.9. The lowest BCUT2D eigenvalue weighted by molar-refractivity contribution is -0.147. The van der Waals surface area contributed by atoms with Gasteiger partial charge in [-0.25, -0.2) is 4.79 Å². The van der Waals surface area contributed by atoms with Crippen molar-refractivity contribution in [1.82, 2.24) is 26.6 Å². The number of phenolic OH excluding ortho intramolecular Hbond substituents is 1. The molecule has 16 heteroatoms. The highest BCUT2D eigenvalue weighted by Gasteiger charge is 2.32. The third kappa shape index (κ3) is 13.1. The molecule has 0 fully saturated rings. The molecule has 0 aliphatic rings. The molecule has 0 aliphatic carbocycles. The van der Waals surface area contributed by atoms with Gasteiger partial charge in [-0.1, -0.05) is 56.3 Å². The molecule has 0 aromatic heterocycles. The summed E-state index contributed by atoms with van der Waals surface area (Å²) in [7, 11) is 0. The average molecular weight is 671 g/mol. The third-order valence-electron chi connectivity index (χ3n) is 7.08. The molecule has 0 aliphatic heterocycles. The van der Waals surface area contributed by atoms with Crippen LogP contribution in [0.15, 0.2) is 54.6 Å². The van der Waals surface area contributed by atoms with Crippen molar-refractivity contribution in [2.24, 2.45) is 11.7 Å². The fourth-order valence-electron chi connectivity index (χ4n) is 4.41. The zero-order chi connectivity index (χ0) is 36.0. The molecule has 5 atom stereocenters. The van der Waals surface area contributed by atoms with Crippen LogP contribution in [0.25, 0.3) is 0 Å². The molecule has 5 amide bonds. The number of aliphatic carboxylic acids is 2. The number of nitrogens with one attached hydrogen (secondary N) is 5. The molecule has 2 aromatic rings. The van der Waals surface area contributed by atoms with Crippen molar-refractivity contribution in [2.75, 3.05) is 6.54 Å². The number of carbonyl (C=O) groups is 7. The van der Waals surface area contributed by atoms with Crippen molar-refractivity contribution < 1.29 is 48.9 Å². The van der Waals surface area contributed by atoms with Gasteiger partial charge in [0.25, 0.3) is 0 Å². The Morgan fingerprint density at radius 3 is 1.85 bits per heavy atom. The highest BCUT2D eigenvalue weighted by atomic mass is 16.4. The predicted molar refractivity (Wildman–Crippen MR) is 171 cm³/mol. The molecule has 16 nitrogen and oxygen atoms in total. The van der Waals surface area contributed by atoms with Crippen LogP contribution in [0.2, 0.25) is 0 Å². The van der Waals surface area contributed by atoms with Gasteiger partial charge in [0, 0.05) is 6.42 Å². The smallest absolute Gasteiger partial charge is 0.326 e. The quantitative estimate of drug-likeness (QED) is 0.0909. The number of amides is 5. The molecule has 260 valence electrons. The zero-order valence-corrected chi connectivity index (χ0v) is 26.8. The van der Waals surface area contributed by atoms with Gasteiger partial charge in [0.1, 0.15) is 29.9 Å². The van der Waals surface area contributed by atoms with Gasteiger partial charge < -0.3 is 47.6 Å². The first-order valence-corrected chi connectivity index (χ1v) is 15.1. The lowest BCUT2D eigenvalue weighted by Crippen LogP contribution is -2.58. The van der Waals surface area contributed by atoms with Crippen LogP contribution in [0.3, 0.4) is 0 Å². The lowest BCUT2D eigenvalue weighted by atomic mass is 10.0. The fourth-order valence-corrected chi connectivity index (χ4v) is 4.41. The van der Waals surface area contributed by atoms with E-state index in [0.717, 1.165) is 0 Å². The summed E-state index contributed by atoms with van der Waals surface area (Å²) in [4.78, 5) is 86.8. The minimum atomic E-state index is -1.74.